The van der Waals surface area contributed by atoms with E-state index < -0.39 is 0 Å². The van der Waals surface area contributed by atoms with Crippen molar-refractivity contribution in [3.63, 3.8) is 0 Å². The van der Waals surface area contributed by atoms with E-state index in [9.17, 15) is 4.79 Å². The molecular formula is C22H23ClN2O2. The Morgan fingerprint density at radius 2 is 1.93 bits per heavy atom. The van der Waals surface area contributed by atoms with E-state index in [0.29, 0.717) is 16.1 Å². The van der Waals surface area contributed by atoms with Gasteiger partial charge in [0, 0.05) is 17.2 Å². The lowest BCUT2D eigenvalue weighted by molar-refractivity contribution is 0.0651. The first-order chi connectivity index (χ1) is 12.7. The van der Waals surface area contributed by atoms with Crippen molar-refractivity contribution in [3.8, 4) is 11.8 Å². The fraction of sp³-hybridized carbons (Fsp3) is 0.364. The lowest BCUT2D eigenvalue weighted by Crippen LogP contribution is -2.70. The first kappa shape index (κ1) is 19.3. The maximum absolute atomic E-state index is 12.0. The van der Waals surface area contributed by atoms with Gasteiger partial charge in [0.2, 0.25) is 0 Å². The standard InChI is InChI=1S/C22H23ClN2O2/c1-14(2)21(26)15-6-9-18(10-7-15)27-20-13-25(22(20,3)4)17-8-5-16(12-24)19(23)11-17/h5-11,14,20H,13H2,1-4H3/t20-/m1/s1. The van der Waals surface area contributed by atoms with Crippen LogP contribution in [0.25, 0.3) is 0 Å². The Morgan fingerprint density at radius 3 is 2.44 bits per heavy atom. The minimum absolute atomic E-state index is 0.0126. The minimum Gasteiger partial charge on any atom is -0.486 e. The molecule has 2 aromatic rings. The van der Waals surface area contributed by atoms with Gasteiger partial charge in [-0.25, -0.2) is 0 Å². The van der Waals surface area contributed by atoms with Crippen molar-refractivity contribution in [2.75, 3.05) is 11.4 Å². The SMILES string of the molecule is CC(C)C(=O)c1ccc(O[C@@H]2CN(c3ccc(C#N)c(Cl)c3)C2(C)C)cc1. The van der Waals surface area contributed by atoms with Crippen molar-refractivity contribution in [3.05, 3.63) is 58.6 Å². The summed E-state index contributed by atoms with van der Waals surface area (Å²) < 4.78 is 6.15. The van der Waals surface area contributed by atoms with Crippen LogP contribution in [0.2, 0.25) is 5.02 Å². The van der Waals surface area contributed by atoms with Gasteiger partial charge >= 0.3 is 0 Å². The lowest BCUT2D eigenvalue weighted by atomic mass is 9.84. The minimum atomic E-state index is -0.218. The van der Waals surface area contributed by atoms with Crippen molar-refractivity contribution in [1.29, 1.82) is 5.26 Å². The van der Waals surface area contributed by atoms with Gasteiger partial charge in [0.05, 0.1) is 22.7 Å². The molecule has 0 radical (unpaired) electrons. The van der Waals surface area contributed by atoms with Crippen LogP contribution in [0.15, 0.2) is 42.5 Å². The van der Waals surface area contributed by atoms with Crippen LogP contribution < -0.4 is 9.64 Å². The van der Waals surface area contributed by atoms with Gasteiger partial charge < -0.3 is 9.64 Å². The zero-order valence-electron chi connectivity index (χ0n) is 16.0. The zero-order valence-corrected chi connectivity index (χ0v) is 16.7. The number of anilines is 1. The van der Waals surface area contributed by atoms with Crippen LogP contribution in [0.5, 0.6) is 5.75 Å². The van der Waals surface area contributed by atoms with E-state index in [4.69, 9.17) is 21.6 Å². The van der Waals surface area contributed by atoms with Gasteiger partial charge in [0.25, 0.3) is 0 Å². The highest BCUT2D eigenvalue weighted by molar-refractivity contribution is 6.32. The second-order valence-electron chi connectivity index (χ2n) is 7.69. The number of Topliss-reactive ketones (excluding diaryl/α,β-unsaturated/α-hetero) is 1. The Balaban J connectivity index is 1.69. The molecule has 0 N–H and O–H groups in total. The molecule has 0 amide bonds. The Hall–Kier alpha value is -2.51. The molecule has 0 aromatic heterocycles. The van der Waals surface area contributed by atoms with Gasteiger partial charge in [-0.2, -0.15) is 5.26 Å². The number of rotatable bonds is 5. The molecule has 1 aliphatic rings. The molecule has 1 heterocycles. The molecular weight excluding hydrogens is 360 g/mol. The zero-order chi connectivity index (χ0) is 19.8. The molecule has 0 spiro atoms. The van der Waals surface area contributed by atoms with E-state index in [2.05, 4.69) is 24.8 Å². The number of ketones is 1. The van der Waals surface area contributed by atoms with E-state index in [1.165, 1.54) is 0 Å². The predicted molar refractivity (Wildman–Crippen MR) is 108 cm³/mol. The van der Waals surface area contributed by atoms with Crippen molar-refractivity contribution in [2.24, 2.45) is 5.92 Å². The summed E-state index contributed by atoms with van der Waals surface area (Å²) in [6, 6.07) is 14.9. The number of benzene rings is 2. The molecule has 1 saturated heterocycles. The monoisotopic (exact) mass is 382 g/mol. The summed E-state index contributed by atoms with van der Waals surface area (Å²) in [5, 5.41) is 9.48. The van der Waals surface area contributed by atoms with Gasteiger partial charge in [-0.15, -0.1) is 0 Å². The third kappa shape index (κ3) is 3.65. The Labute approximate surface area is 165 Å². The summed E-state index contributed by atoms with van der Waals surface area (Å²) in [5.74, 6) is 0.871. The highest BCUT2D eigenvalue weighted by Gasteiger charge is 2.48. The Morgan fingerprint density at radius 1 is 1.26 bits per heavy atom. The fourth-order valence-electron chi connectivity index (χ4n) is 3.26. The third-order valence-corrected chi connectivity index (χ3v) is 5.47. The third-order valence-electron chi connectivity index (χ3n) is 5.16. The van der Waals surface area contributed by atoms with Gasteiger partial charge in [-0.05, 0) is 56.3 Å². The van der Waals surface area contributed by atoms with Crippen LogP contribution in [0, 0.1) is 17.2 Å². The van der Waals surface area contributed by atoms with Gasteiger partial charge in [-0.3, -0.25) is 4.79 Å². The molecule has 0 aliphatic carbocycles. The molecule has 0 saturated carbocycles. The Bertz CT molecular complexity index is 898. The number of carbonyl (C=O) groups excluding carboxylic acids is 1. The number of nitriles is 1. The normalized spacial score (nSPS) is 18.0. The quantitative estimate of drug-likeness (QED) is 0.675. The van der Waals surface area contributed by atoms with E-state index in [0.717, 1.165) is 18.0 Å². The maximum atomic E-state index is 12.0. The number of halogens is 1. The summed E-state index contributed by atoms with van der Waals surface area (Å²) in [6.45, 7) is 8.75. The first-order valence-corrected chi connectivity index (χ1v) is 9.40. The smallest absolute Gasteiger partial charge is 0.165 e. The summed E-state index contributed by atoms with van der Waals surface area (Å²) in [5.41, 5.74) is 1.94. The molecule has 0 unspecified atom stereocenters. The summed E-state index contributed by atoms with van der Waals surface area (Å²) in [4.78, 5) is 14.3. The van der Waals surface area contributed by atoms with E-state index in [1.807, 2.05) is 50.2 Å². The van der Waals surface area contributed by atoms with Gasteiger partial charge in [0.15, 0.2) is 5.78 Å². The number of carbonyl (C=O) groups is 1. The molecule has 5 heteroatoms. The van der Waals surface area contributed by atoms with Gasteiger partial charge in [0.1, 0.15) is 17.9 Å². The average Bonchev–Trinajstić information content (AvgIpc) is 2.64. The fourth-order valence-corrected chi connectivity index (χ4v) is 3.48. The van der Waals surface area contributed by atoms with Crippen molar-refractivity contribution in [1.82, 2.24) is 0 Å². The number of ether oxygens (including phenoxy) is 1. The molecule has 1 atom stereocenters. The molecule has 4 nitrogen and oxygen atoms in total. The highest BCUT2D eigenvalue weighted by Crippen LogP contribution is 2.39. The lowest BCUT2D eigenvalue weighted by Gasteiger charge is -2.55. The van der Waals surface area contributed by atoms with Crippen molar-refractivity contribution < 1.29 is 9.53 Å². The number of nitrogens with zero attached hydrogens (tertiary/aromatic N) is 2. The first-order valence-electron chi connectivity index (χ1n) is 9.02. The van der Waals surface area contributed by atoms with E-state index in [1.54, 1.807) is 6.07 Å². The van der Waals surface area contributed by atoms with Crippen LogP contribution in [0.4, 0.5) is 5.69 Å². The highest BCUT2D eigenvalue weighted by atomic mass is 35.5. The largest absolute Gasteiger partial charge is 0.486 e. The van der Waals surface area contributed by atoms with Crippen LogP contribution in [0.1, 0.15) is 43.6 Å². The second kappa shape index (κ2) is 7.25. The van der Waals surface area contributed by atoms with E-state index >= 15 is 0 Å². The predicted octanol–water partition coefficient (Wildman–Crippen LogP) is 5.10. The molecule has 1 fully saturated rings. The Kier molecular flexibility index (Phi) is 5.17. The van der Waals surface area contributed by atoms with Crippen LogP contribution >= 0.6 is 11.6 Å². The van der Waals surface area contributed by atoms with Crippen LogP contribution in [-0.2, 0) is 0 Å². The van der Waals surface area contributed by atoms with Crippen LogP contribution in [0.3, 0.4) is 0 Å². The van der Waals surface area contributed by atoms with E-state index in [-0.39, 0.29) is 23.3 Å². The maximum Gasteiger partial charge on any atom is 0.165 e. The second-order valence-corrected chi connectivity index (χ2v) is 8.10. The summed E-state index contributed by atoms with van der Waals surface area (Å²) in [7, 11) is 0. The topological polar surface area (TPSA) is 53.3 Å². The van der Waals surface area contributed by atoms with Crippen molar-refractivity contribution >= 4 is 23.1 Å². The molecule has 1 aliphatic heterocycles. The summed E-state index contributed by atoms with van der Waals surface area (Å²) >= 11 is 6.17. The molecule has 140 valence electrons. The van der Waals surface area contributed by atoms with Crippen LogP contribution in [-0.4, -0.2) is 24.0 Å². The van der Waals surface area contributed by atoms with Gasteiger partial charge in [-0.1, -0.05) is 25.4 Å². The molecule has 0 bridgehead atoms. The average molecular weight is 383 g/mol. The molecule has 2 aromatic carbocycles. The molecule has 3 rings (SSSR count). The number of hydrogen-bond donors (Lipinski definition) is 0. The number of hydrogen-bond acceptors (Lipinski definition) is 4. The molecule has 27 heavy (non-hydrogen) atoms. The summed E-state index contributed by atoms with van der Waals surface area (Å²) in [6.07, 6.45) is 0.0126. The van der Waals surface area contributed by atoms with Crippen molar-refractivity contribution in [2.45, 2.75) is 39.3 Å².